The maximum Gasteiger partial charge on any atom is 0.256 e. The molecule has 5 heteroatoms. The lowest BCUT2D eigenvalue weighted by Gasteiger charge is -2.26. The minimum Gasteiger partial charge on any atom is -0.491 e. The molecule has 0 aliphatic rings. The number of methoxy groups -OCH3 is 1. The number of benzene rings is 1. The summed E-state index contributed by atoms with van der Waals surface area (Å²) in [5.41, 5.74) is -0.0737. The lowest BCUT2D eigenvalue weighted by Crippen LogP contribution is -2.41. The van der Waals surface area contributed by atoms with Crippen LogP contribution in [0.5, 0.6) is 5.75 Å². The van der Waals surface area contributed by atoms with Crippen LogP contribution in [0, 0.1) is 11.3 Å². The molecule has 5 nitrogen and oxygen atoms in total. The molecule has 0 aromatic heterocycles. The second-order valence-electron chi connectivity index (χ2n) is 5.80. The summed E-state index contributed by atoms with van der Waals surface area (Å²) in [5, 5.41) is 12.1. The number of hydrogen-bond acceptors (Lipinski definition) is 4. The topological polar surface area (TPSA) is 71.3 Å². The number of anilines is 1. The molecule has 1 amide bonds. The lowest BCUT2D eigenvalue weighted by atomic mass is 9.99. The van der Waals surface area contributed by atoms with Gasteiger partial charge in [0.1, 0.15) is 17.4 Å². The van der Waals surface area contributed by atoms with E-state index < -0.39 is 5.60 Å². The Labute approximate surface area is 138 Å². The van der Waals surface area contributed by atoms with Crippen LogP contribution >= 0.6 is 0 Å². The van der Waals surface area contributed by atoms with Crippen molar-refractivity contribution >= 4 is 11.6 Å². The van der Waals surface area contributed by atoms with Gasteiger partial charge >= 0.3 is 0 Å². The molecule has 1 aromatic rings. The fourth-order valence-corrected chi connectivity index (χ4v) is 2.15. The van der Waals surface area contributed by atoms with Gasteiger partial charge in [0.25, 0.3) is 5.91 Å². The zero-order chi connectivity index (χ0) is 17.5. The van der Waals surface area contributed by atoms with E-state index in [1.807, 2.05) is 20.8 Å². The van der Waals surface area contributed by atoms with Gasteiger partial charge in [-0.2, -0.15) is 5.26 Å². The number of rotatable bonds is 8. The third-order valence-electron chi connectivity index (χ3n) is 3.93. The van der Waals surface area contributed by atoms with Gasteiger partial charge in [-0.25, -0.2) is 0 Å². The van der Waals surface area contributed by atoms with Crippen molar-refractivity contribution in [1.29, 1.82) is 5.26 Å². The third-order valence-corrected chi connectivity index (χ3v) is 3.93. The average molecular weight is 318 g/mol. The Kier molecular flexibility index (Phi) is 7.05. The summed E-state index contributed by atoms with van der Waals surface area (Å²) in [4.78, 5) is 12.5. The Morgan fingerprint density at radius 2 is 2.13 bits per heavy atom. The first kappa shape index (κ1) is 19.0. The standard InChI is InChI=1S/C18H26N2O3/c1-6-10-18(4,22-5)17(21)20-16-9-8-15(11-14(16)12-19)23-13(3)7-2/h8-9,11,13H,6-7,10H2,1-5H3,(H,20,21)/t13-,18+/m0/s1. The maximum absolute atomic E-state index is 12.5. The summed E-state index contributed by atoms with van der Waals surface area (Å²) in [7, 11) is 1.52. The highest BCUT2D eigenvalue weighted by Gasteiger charge is 2.32. The van der Waals surface area contributed by atoms with Crippen molar-refractivity contribution in [2.75, 3.05) is 12.4 Å². The molecule has 23 heavy (non-hydrogen) atoms. The van der Waals surface area contributed by atoms with Crippen molar-refractivity contribution < 1.29 is 14.3 Å². The molecule has 0 bridgehead atoms. The molecular formula is C18H26N2O3. The molecule has 2 atom stereocenters. The predicted molar refractivity (Wildman–Crippen MR) is 90.5 cm³/mol. The van der Waals surface area contributed by atoms with Crippen LogP contribution < -0.4 is 10.1 Å². The Balaban J connectivity index is 2.97. The summed E-state index contributed by atoms with van der Waals surface area (Å²) >= 11 is 0. The van der Waals surface area contributed by atoms with E-state index in [9.17, 15) is 10.1 Å². The molecule has 0 saturated carbocycles. The summed E-state index contributed by atoms with van der Waals surface area (Å²) < 4.78 is 11.1. The predicted octanol–water partition coefficient (Wildman–Crippen LogP) is 3.88. The number of nitriles is 1. The number of hydrogen-bond donors (Lipinski definition) is 1. The number of carbonyl (C=O) groups is 1. The van der Waals surface area contributed by atoms with Gasteiger partial charge < -0.3 is 14.8 Å². The van der Waals surface area contributed by atoms with E-state index in [0.717, 1.165) is 12.8 Å². The van der Waals surface area contributed by atoms with Crippen LogP contribution in [-0.4, -0.2) is 24.7 Å². The molecule has 0 spiro atoms. The molecule has 126 valence electrons. The van der Waals surface area contributed by atoms with Crippen molar-refractivity contribution in [3.63, 3.8) is 0 Å². The van der Waals surface area contributed by atoms with Gasteiger partial charge in [-0.05, 0) is 38.8 Å². The zero-order valence-corrected chi connectivity index (χ0v) is 14.6. The molecule has 0 aliphatic heterocycles. The van der Waals surface area contributed by atoms with E-state index in [1.54, 1.807) is 25.1 Å². The number of nitrogens with one attached hydrogen (secondary N) is 1. The highest BCUT2D eigenvalue weighted by Crippen LogP contribution is 2.25. The first-order valence-corrected chi connectivity index (χ1v) is 7.97. The maximum atomic E-state index is 12.5. The molecule has 0 heterocycles. The first-order chi connectivity index (χ1) is 10.9. The third kappa shape index (κ3) is 4.97. The number of carbonyl (C=O) groups excluding carboxylic acids is 1. The zero-order valence-electron chi connectivity index (χ0n) is 14.6. The van der Waals surface area contributed by atoms with Crippen LogP contribution in [-0.2, 0) is 9.53 Å². The molecular weight excluding hydrogens is 292 g/mol. The van der Waals surface area contributed by atoms with Crippen molar-refractivity contribution in [2.45, 2.75) is 58.7 Å². The van der Waals surface area contributed by atoms with E-state index in [4.69, 9.17) is 9.47 Å². The highest BCUT2D eigenvalue weighted by molar-refractivity contribution is 5.98. The lowest BCUT2D eigenvalue weighted by molar-refractivity contribution is -0.136. The largest absolute Gasteiger partial charge is 0.491 e. The molecule has 1 rings (SSSR count). The Morgan fingerprint density at radius 1 is 1.43 bits per heavy atom. The van der Waals surface area contributed by atoms with E-state index >= 15 is 0 Å². The molecule has 0 aliphatic carbocycles. The summed E-state index contributed by atoms with van der Waals surface area (Å²) in [6.45, 7) is 7.74. The van der Waals surface area contributed by atoms with Crippen LogP contribution in [0.4, 0.5) is 5.69 Å². The van der Waals surface area contributed by atoms with Crippen LogP contribution in [0.15, 0.2) is 18.2 Å². The van der Waals surface area contributed by atoms with Crippen LogP contribution in [0.3, 0.4) is 0 Å². The minimum absolute atomic E-state index is 0.0725. The summed E-state index contributed by atoms with van der Waals surface area (Å²) in [5.74, 6) is 0.367. The second-order valence-corrected chi connectivity index (χ2v) is 5.80. The number of amides is 1. The second kappa shape index (κ2) is 8.54. The van der Waals surface area contributed by atoms with Crippen LogP contribution in [0.2, 0.25) is 0 Å². The van der Waals surface area contributed by atoms with Crippen LogP contribution in [0.1, 0.15) is 52.5 Å². The van der Waals surface area contributed by atoms with Crippen molar-refractivity contribution in [3.05, 3.63) is 23.8 Å². The van der Waals surface area contributed by atoms with Gasteiger partial charge in [0.05, 0.1) is 17.4 Å². The molecule has 0 radical (unpaired) electrons. The number of ether oxygens (including phenoxy) is 2. The van der Waals surface area contributed by atoms with Crippen LogP contribution in [0.25, 0.3) is 0 Å². The molecule has 0 saturated heterocycles. The normalized spacial score (nSPS) is 14.4. The van der Waals surface area contributed by atoms with E-state index in [2.05, 4.69) is 11.4 Å². The number of nitrogens with zero attached hydrogens (tertiary/aromatic N) is 1. The fourth-order valence-electron chi connectivity index (χ4n) is 2.15. The average Bonchev–Trinajstić information content (AvgIpc) is 2.55. The van der Waals surface area contributed by atoms with Gasteiger partial charge in [-0.15, -0.1) is 0 Å². The van der Waals surface area contributed by atoms with E-state index in [1.165, 1.54) is 7.11 Å². The quantitative estimate of drug-likeness (QED) is 0.789. The van der Waals surface area contributed by atoms with E-state index in [-0.39, 0.29) is 12.0 Å². The first-order valence-electron chi connectivity index (χ1n) is 7.97. The van der Waals surface area contributed by atoms with Gasteiger partial charge in [0, 0.05) is 13.2 Å². The van der Waals surface area contributed by atoms with E-state index in [0.29, 0.717) is 23.4 Å². The Morgan fingerprint density at radius 3 is 2.65 bits per heavy atom. The Bertz CT molecular complexity index is 580. The minimum atomic E-state index is -0.909. The van der Waals surface area contributed by atoms with Gasteiger partial charge in [-0.3, -0.25) is 4.79 Å². The summed E-state index contributed by atoms with van der Waals surface area (Å²) in [6, 6.07) is 7.19. The molecule has 1 N–H and O–H groups in total. The van der Waals surface area contributed by atoms with Crippen molar-refractivity contribution in [1.82, 2.24) is 0 Å². The van der Waals surface area contributed by atoms with Gasteiger partial charge in [-0.1, -0.05) is 20.3 Å². The smallest absolute Gasteiger partial charge is 0.256 e. The fraction of sp³-hybridized carbons (Fsp3) is 0.556. The van der Waals surface area contributed by atoms with Crippen molar-refractivity contribution in [3.8, 4) is 11.8 Å². The Hall–Kier alpha value is -2.06. The molecule has 1 aromatic carbocycles. The van der Waals surface area contributed by atoms with Gasteiger partial charge in [0.15, 0.2) is 0 Å². The SMILES string of the molecule is CCC[C@@](C)(OC)C(=O)Nc1ccc(O[C@@H](C)CC)cc1C#N. The highest BCUT2D eigenvalue weighted by atomic mass is 16.5. The summed E-state index contributed by atoms with van der Waals surface area (Å²) in [6.07, 6.45) is 2.38. The monoisotopic (exact) mass is 318 g/mol. The molecule has 0 unspecified atom stereocenters. The van der Waals surface area contributed by atoms with Crippen molar-refractivity contribution in [2.24, 2.45) is 0 Å². The molecule has 0 fully saturated rings. The van der Waals surface area contributed by atoms with Gasteiger partial charge in [0.2, 0.25) is 0 Å².